The van der Waals surface area contributed by atoms with Crippen molar-refractivity contribution in [1.29, 1.82) is 0 Å². The summed E-state index contributed by atoms with van der Waals surface area (Å²) in [5, 5.41) is 14.5. The Hall–Kier alpha value is -2.32. The summed E-state index contributed by atoms with van der Waals surface area (Å²) in [7, 11) is 0. The number of hydrogen-bond donors (Lipinski definition) is 1. The van der Waals surface area contributed by atoms with Crippen LogP contribution in [-0.2, 0) is 11.0 Å². The van der Waals surface area contributed by atoms with Crippen LogP contribution in [0.15, 0.2) is 18.2 Å². The molecule has 3 rings (SSSR count). The van der Waals surface area contributed by atoms with Crippen molar-refractivity contribution in [2.24, 2.45) is 11.8 Å². The molecule has 166 valence electrons. The first-order valence-corrected chi connectivity index (χ1v) is 10.6. The van der Waals surface area contributed by atoms with E-state index in [2.05, 4.69) is 12.2 Å². The number of alkyl halides is 3. The van der Waals surface area contributed by atoms with Gasteiger partial charge in [-0.15, -0.1) is 0 Å². The molecule has 1 aliphatic carbocycles. The van der Waals surface area contributed by atoms with Gasteiger partial charge >= 0.3 is 6.18 Å². The van der Waals surface area contributed by atoms with Crippen molar-refractivity contribution in [3.63, 3.8) is 0 Å². The minimum Gasteiger partial charge on any atom is -0.366 e. The van der Waals surface area contributed by atoms with Gasteiger partial charge in [-0.25, -0.2) is 0 Å². The van der Waals surface area contributed by atoms with Gasteiger partial charge in [0.2, 0.25) is 5.91 Å². The number of nitro benzene ring substituents is 1. The average Bonchev–Trinajstić information content (AvgIpc) is 2.73. The van der Waals surface area contributed by atoms with Gasteiger partial charge in [0, 0.05) is 31.1 Å². The number of carbonyl (C=O) groups excluding carboxylic acids is 1. The molecule has 9 heteroatoms. The van der Waals surface area contributed by atoms with Crippen LogP contribution in [0.5, 0.6) is 0 Å². The van der Waals surface area contributed by atoms with Crippen molar-refractivity contribution in [1.82, 2.24) is 5.32 Å². The summed E-state index contributed by atoms with van der Waals surface area (Å²) in [4.78, 5) is 24.9. The topological polar surface area (TPSA) is 75.5 Å². The molecule has 1 saturated heterocycles. The van der Waals surface area contributed by atoms with E-state index in [9.17, 15) is 28.1 Å². The summed E-state index contributed by atoms with van der Waals surface area (Å²) in [6, 6.07) is 2.83. The van der Waals surface area contributed by atoms with E-state index in [-0.39, 0.29) is 23.6 Å². The lowest BCUT2D eigenvalue weighted by molar-refractivity contribution is -0.384. The summed E-state index contributed by atoms with van der Waals surface area (Å²) in [5.41, 5.74) is -1.42. The molecule has 0 radical (unpaired) electrons. The van der Waals surface area contributed by atoms with E-state index in [1.807, 2.05) is 0 Å². The molecule has 0 aromatic heterocycles. The SMILES string of the molecule is CCC1CCC(NC(=O)C2CCN(c3ccc(C(F)(F)F)cc3[N+](=O)[O-])CC2)CC1. The maximum Gasteiger partial charge on any atom is 0.416 e. The predicted octanol–water partition coefficient (Wildman–Crippen LogP) is 4.92. The van der Waals surface area contributed by atoms with Crippen molar-refractivity contribution in [3.8, 4) is 0 Å². The second-order valence-corrected chi connectivity index (χ2v) is 8.35. The van der Waals surface area contributed by atoms with Gasteiger partial charge in [0.1, 0.15) is 5.69 Å². The molecule has 30 heavy (non-hydrogen) atoms. The van der Waals surface area contributed by atoms with Crippen LogP contribution in [0.4, 0.5) is 24.5 Å². The molecule has 2 fully saturated rings. The zero-order valence-electron chi connectivity index (χ0n) is 17.1. The number of halogens is 3. The maximum absolute atomic E-state index is 12.9. The third-order valence-electron chi connectivity index (χ3n) is 6.48. The van der Waals surface area contributed by atoms with E-state index in [1.54, 1.807) is 4.90 Å². The number of hydrogen-bond acceptors (Lipinski definition) is 4. The molecule has 0 atom stereocenters. The van der Waals surface area contributed by atoms with Crippen LogP contribution in [0.2, 0.25) is 0 Å². The predicted molar refractivity (Wildman–Crippen MR) is 107 cm³/mol. The van der Waals surface area contributed by atoms with Crippen LogP contribution in [0.1, 0.15) is 57.4 Å². The molecule has 0 bridgehead atoms. The van der Waals surface area contributed by atoms with Crippen molar-refractivity contribution < 1.29 is 22.9 Å². The Bertz CT molecular complexity index is 768. The molecule has 1 aromatic carbocycles. The van der Waals surface area contributed by atoms with Crippen molar-refractivity contribution in [2.75, 3.05) is 18.0 Å². The Morgan fingerprint density at radius 3 is 2.33 bits per heavy atom. The van der Waals surface area contributed by atoms with Crippen LogP contribution >= 0.6 is 0 Å². The van der Waals surface area contributed by atoms with Crippen LogP contribution in [0.25, 0.3) is 0 Å². The number of carbonyl (C=O) groups is 1. The molecular weight excluding hydrogens is 399 g/mol. The minimum atomic E-state index is -4.63. The highest BCUT2D eigenvalue weighted by Gasteiger charge is 2.35. The summed E-state index contributed by atoms with van der Waals surface area (Å²) in [6.07, 6.45) is 1.86. The van der Waals surface area contributed by atoms with E-state index >= 15 is 0 Å². The van der Waals surface area contributed by atoms with Crippen molar-refractivity contribution >= 4 is 17.3 Å². The Labute approximate surface area is 174 Å². The standard InChI is InChI=1S/C21H28F3N3O3/c1-2-14-3-6-17(7-4-14)25-20(28)15-9-11-26(12-10-15)18-8-5-16(21(22,23)24)13-19(18)27(29)30/h5,8,13-15,17H,2-4,6-7,9-12H2,1H3,(H,25,28). The second kappa shape index (κ2) is 9.22. The van der Waals surface area contributed by atoms with Crippen molar-refractivity contribution in [2.45, 2.75) is 64.1 Å². The number of amides is 1. The van der Waals surface area contributed by atoms with Gasteiger partial charge in [0.25, 0.3) is 5.69 Å². The molecule has 6 nitrogen and oxygen atoms in total. The number of rotatable bonds is 5. The van der Waals surface area contributed by atoms with Gasteiger partial charge in [0.05, 0.1) is 10.5 Å². The van der Waals surface area contributed by atoms with Crippen LogP contribution < -0.4 is 10.2 Å². The summed E-state index contributed by atoms with van der Waals surface area (Å²) in [6.45, 7) is 2.98. The average molecular weight is 427 g/mol. The normalized spacial score (nSPS) is 23.3. The van der Waals surface area contributed by atoms with E-state index in [0.29, 0.717) is 32.0 Å². The van der Waals surface area contributed by atoms with Gasteiger partial charge in [-0.05, 0) is 56.6 Å². The number of nitrogens with zero attached hydrogens (tertiary/aromatic N) is 2. The molecule has 1 heterocycles. The molecule has 0 spiro atoms. The molecule has 1 saturated carbocycles. The first kappa shape index (κ1) is 22.4. The number of anilines is 1. The first-order chi connectivity index (χ1) is 14.2. The largest absolute Gasteiger partial charge is 0.416 e. The van der Waals surface area contributed by atoms with Gasteiger partial charge in [-0.1, -0.05) is 13.3 Å². The molecule has 1 aromatic rings. The van der Waals surface area contributed by atoms with Gasteiger partial charge in [0.15, 0.2) is 0 Å². The highest BCUT2D eigenvalue weighted by atomic mass is 19.4. The molecule has 1 aliphatic heterocycles. The van der Waals surface area contributed by atoms with E-state index < -0.39 is 22.4 Å². The summed E-state index contributed by atoms with van der Waals surface area (Å²) in [5.74, 6) is 0.607. The number of nitro groups is 1. The lowest BCUT2D eigenvalue weighted by atomic mass is 9.84. The Kier molecular flexibility index (Phi) is 6.88. The van der Waals surface area contributed by atoms with Crippen molar-refractivity contribution in [3.05, 3.63) is 33.9 Å². The first-order valence-electron chi connectivity index (χ1n) is 10.6. The zero-order chi connectivity index (χ0) is 21.9. The quantitative estimate of drug-likeness (QED) is 0.535. The van der Waals surface area contributed by atoms with Crippen LogP contribution in [0.3, 0.4) is 0 Å². The molecule has 1 amide bonds. The van der Waals surface area contributed by atoms with Gasteiger partial charge < -0.3 is 10.2 Å². The Balaban J connectivity index is 1.59. The van der Waals surface area contributed by atoms with E-state index in [0.717, 1.165) is 43.7 Å². The molecule has 1 N–H and O–H groups in total. The lowest BCUT2D eigenvalue weighted by Gasteiger charge is -2.34. The Morgan fingerprint density at radius 1 is 1.17 bits per heavy atom. The molecule has 2 aliphatic rings. The highest BCUT2D eigenvalue weighted by Crippen LogP contribution is 2.37. The smallest absolute Gasteiger partial charge is 0.366 e. The fourth-order valence-electron chi connectivity index (χ4n) is 4.53. The summed E-state index contributed by atoms with van der Waals surface area (Å²) < 4.78 is 38.7. The number of benzene rings is 1. The van der Waals surface area contributed by atoms with Gasteiger partial charge in [-0.2, -0.15) is 13.2 Å². The second-order valence-electron chi connectivity index (χ2n) is 8.35. The fraction of sp³-hybridized carbons (Fsp3) is 0.667. The Morgan fingerprint density at radius 2 is 1.80 bits per heavy atom. The van der Waals surface area contributed by atoms with E-state index in [1.165, 1.54) is 6.42 Å². The lowest BCUT2D eigenvalue weighted by Crippen LogP contribution is -2.45. The molecular formula is C21H28F3N3O3. The van der Waals surface area contributed by atoms with Crippen LogP contribution in [0, 0.1) is 22.0 Å². The highest BCUT2D eigenvalue weighted by molar-refractivity contribution is 5.79. The number of piperidine rings is 1. The third-order valence-corrected chi connectivity index (χ3v) is 6.48. The fourth-order valence-corrected chi connectivity index (χ4v) is 4.53. The van der Waals surface area contributed by atoms with E-state index in [4.69, 9.17) is 0 Å². The molecule has 0 unspecified atom stereocenters. The van der Waals surface area contributed by atoms with Gasteiger partial charge in [-0.3, -0.25) is 14.9 Å². The maximum atomic E-state index is 12.9. The monoisotopic (exact) mass is 427 g/mol. The minimum absolute atomic E-state index is 0.0246. The summed E-state index contributed by atoms with van der Waals surface area (Å²) >= 11 is 0. The number of nitrogens with one attached hydrogen (secondary N) is 1. The zero-order valence-corrected chi connectivity index (χ0v) is 17.1. The third kappa shape index (κ3) is 5.23. The van der Waals surface area contributed by atoms with Crippen LogP contribution in [-0.4, -0.2) is 30.0 Å².